The Balaban J connectivity index is 1.71. The average molecular weight is 338 g/mol. The van der Waals surface area contributed by atoms with E-state index in [4.69, 9.17) is 0 Å². The van der Waals surface area contributed by atoms with Crippen molar-refractivity contribution in [2.24, 2.45) is 0 Å². The zero-order chi connectivity index (χ0) is 17.7. The van der Waals surface area contributed by atoms with E-state index in [0.29, 0.717) is 6.04 Å². The minimum atomic E-state index is 0.599. The van der Waals surface area contributed by atoms with Gasteiger partial charge in [-0.05, 0) is 49.9 Å². The van der Waals surface area contributed by atoms with Crippen molar-refractivity contribution in [2.45, 2.75) is 39.2 Å². The third-order valence-electron chi connectivity index (χ3n) is 6.18. The maximum absolute atomic E-state index is 2.66. The molecule has 0 unspecified atom stereocenters. The van der Waals surface area contributed by atoms with Crippen LogP contribution in [-0.2, 0) is 12.8 Å². The molecule has 2 aromatic rings. The van der Waals surface area contributed by atoms with Gasteiger partial charge in [0.15, 0.2) is 0 Å². The van der Waals surface area contributed by atoms with Gasteiger partial charge in [0.1, 0.15) is 0 Å². The smallest absolute Gasteiger partial charge is 0.0801 e. The Labute approximate surface area is 153 Å². The number of rotatable bonds is 8. The van der Waals surface area contributed by atoms with Crippen molar-refractivity contribution in [3.63, 3.8) is 0 Å². The molecule has 2 heteroatoms. The van der Waals surface area contributed by atoms with Crippen molar-refractivity contribution in [2.75, 3.05) is 38.1 Å². The summed E-state index contributed by atoms with van der Waals surface area (Å²) in [5, 5.41) is 0. The summed E-state index contributed by atoms with van der Waals surface area (Å²) in [6, 6.07) is 20.6. The van der Waals surface area contributed by atoms with Gasteiger partial charge in [0.2, 0.25) is 0 Å². The molecule has 1 aliphatic rings. The SMILES string of the molecule is CC[N+](C)(CC)CCCN(c1ccccc1)C1Cc2ccccc2C1. The predicted octanol–water partition coefficient (Wildman–Crippen LogP) is 4.54. The molecule has 25 heavy (non-hydrogen) atoms. The molecule has 0 fully saturated rings. The molecule has 2 nitrogen and oxygen atoms in total. The molecule has 0 amide bonds. The zero-order valence-corrected chi connectivity index (χ0v) is 16.1. The van der Waals surface area contributed by atoms with Crippen LogP contribution in [0.4, 0.5) is 5.69 Å². The molecule has 0 N–H and O–H groups in total. The first-order chi connectivity index (χ1) is 12.1. The molecule has 0 saturated carbocycles. The molecule has 2 aromatic carbocycles. The third-order valence-corrected chi connectivity index (χ3v) is 6.18. The van der Waals surface area contributed by atoms with E-state index in [9.17, 15) is 0 Å². The Hall–Kier alpha value is -1.80. The number of para-hydroxylation sites is 1. The van der Waals surface area contributed by atoms with Crippen molar-refractivity contribution < 1.29 is 4.48 Å². The first kappa shape index (κ1) is 18.0. The highest BCUT2D eigenvalue weighted by Gasteiger charge is 2.27. The molecule has 0 atom stereocenters. The molecule has 0 bridgehead atoms. The van der Waals surface area contributed by atoms with Crippen LogP contribution in [0.1, 0.15) is 31.4 Å². The number of nitrogens with zero attached hydrogens (tertiary/aromatic N) is 2. The van der Waals surface area contributed by atoms with Gasteiger partial charge in [-0.15, -0.1) is 0 Å². The molecule has 1 aliphatic carbocycles. The summed E-state index contributed by atoms with van der Waals surface area (Å²) in [6.07, 6.45) is 3.61. The second-order valence-electron chi connectivity index (χ2n) is 7.69. The summed E-state index contributed by atoms with van der Waals surface area (Å²) in [5.41, 5.74) is 4.45. The lowest BCUT2D eigenvalue weighted by Crippen LogP contribution is -2.46. The van der Waals surface area contributed by atoms with Gasteiger partial charge in [-0.3, -0.25) is 0 Å². The fraction of sp³-hybridized carbons (Fsp3) is 0.478. The van der Waals surface area contributed by atoms with Crippen molar-refractivity contribution in [3.8, 4) is 0 Å². The van der Waals surface area contributed by atoms with Crippen LogP contribution in [-0.4, -0.2) is 43.8 Å². The normalized spacial score (nSPS) is 14.5. The van der Waals surface area contributed by atoms with E-state index in [1.165, 1.54) is 60.2 Å². The average Bonchev–Trinajstić information content (AvgIpc) is 3.09. The number of hydrogen-bond donors (Lipinski definition) is 0. The Morgan fingerprint density at radius 2 is 1.44 bits per heavy atom. The highest BCUT2D eigenvalue weighted by atomic mass is 15.3. The topological polar surface area (TPSA) is 3.24 Å². The summed E-state index contributed by atoms with van der Waals surface area (Å²) in [4.78, 5) is 2.66. The maximum atomic E-state index is 2.66. The lowest BCUT2D eigenvalue weighted by atomic mass is 10.1. The summed E-state index contributed by atoms with van der Waals surface area (Å²) < 4.78 is 1.17. The third kappa shape index (κ3) is 4.24. The van der Waals surface area contributed by atoms with E-state index >= 15 is 0 Å². The summed E-state index contributed by atoms with van der Waals surface area (Å²) in [6.45, 7) is 9.47. The van der Waals surface area contributed by atoms with E-state index in [2.05, 4.69) is 80.4 Å². The summed E-state index contributed by atoms with van der Waals surface area (Å²) >= 11 is 0. The van der Waals surface area contributed by atoms with Gasteiger partial charge < -0.3 is 9.38 Å². The van der Waals surface area contributed by atoms with Crippen LogP contribution in [0.15, 0.2) is 54.6 Å². The van der Waals surface area contributed by atoms with E-state index < -0.39 is 0 Å². The van der Waals surface area contributed by atoms with E-state index in [1.54, 1.807) is 0 Å². The van der Waals surface area contributed by atoms with Gasteiger partial charge in [-0.1, -0.05) is 42.5 Å². The van der Waals surface area contributed by atoms with Crippen molar-refractivity contribution in [3.05, 3.63) is 65.7 Å². The van der Waals surface area contributed by atoms with E-state index in [0.717, 1.165) is 6.54 Å². The largest absolute Gasteiger partial charge is 0.368 e. The molecule has 0 saturated heterocycles. The van der Waals surface area contributed by atoms with Gasteiger partial charge in [0.25, 0.3) is 0 Å². The zero-order valence-electron chi connectivity index (χ0n) is 16.1. The molecule has 0 radical (unpaired) electrons. The van der Waals surface area contributed by atoms with Gasteiger partial charge in [0.05, 0.1) is 26.7 Å². The number of anilines is 1. The fourth-order valence-corrected chi connectivity index (χ4v) is 4.06. The van der Waals surface area contributed by atoms with Crippen molar-refractivity contribution in [1.82, 2.24) is 0 Å². The molecule has 134 valence electrons. The van der Waals surface area contributed by atoms with Crippen LogP contribution in [0, 0.1) is 0 Å². The number of benzene rings is 2. The van der Waals surface area contributed by atoms with Gasteiger partial charge in [0, 0.05) is 24.7 Å². The lowest BCUT2D eigenvalue weighted by Gasteiger charge is -2.35. The second kappa shape index (κ2) is 8.05. The molecule has 0 heterocycles. The van der Waals surface area contributed by atoms with Crippen molar-refractivity contribution >= 4 is 5.69 Å². The summed E-state index contributed by atoms with van der Waals surface area (Å²) in [7, 11) is 2.39. The van der Waals surface area contributed by atoms with Crippen LogP contribution in [0.3, 0.4) is 0 Å². The molecule has 0 aliphatic heterocycles. The first-order valence-corrected chi connectivity index (χ1v) is 9.87. The highest BCUT2D eigenvalue weighted by molar-refractivity contribution is 5.49. The minimum Gasteiger partial charge on any atom is -0.368 e. The second-order valence-corrected chi connectivity index (χ2v) is 7.69. The maximum Gasteiger partial charge on any atom is 0.0801 e. The van der Waals surface area contributed by atoms with Crippen LogP contribution in [0.5, 0.6) is 0 Å². The van der Waals surface area contributed by atoms with Gasteiger partial charge in [-0.25, -0.2) is 0 Å². The molecule has 0 aromatic heterocycles. The standard InChI is InChI=1S/C23H33N2/c1-4-25(3,5-2)17-11-16-24(22-14-7-6-8-15-22)23-18-20-12-9-10-13-21(20)19-23/h6-10,12-15,23H,4-5,11,16-19H2,1-3H3/q+1. The number of quaternary nitrogens is 1. The van der Waals surface area contributed by atoms with Gasteiger partial charge in [-0.2, -0.15) is 0 Å². The Morgan fingerprint density at radius 1 is 0.880 bits per heavy atom. The Morgan fingerprint density at radius 3 is 2.00 bits per heavy atom. The van der Waals surface area contributed by atoms with Gasteiger partial charge >= 0.3 is 0 Å². The van der Waals surface area contributed by atoms with E-state index in [1.807, 2.05) is 0 Å². The molecular weight excluding hydrogens is 304 g/mol. The lowest BCUT2D eigenvalue weighted by molar-refractivity contribution is -0.906. The van der Waals surface area contributed by atoms with Crippen LogP contribution < -0.4 is 4.90 Å². The molecule has 0 spiro atoms. The Kier molecular flexibility index (Phi) is 5.80. The van der Waals surface area contributed by atoms with Crippen molar-refractivity contribution in [1.29, 1.82) is 0 Å². The first-order valence-electron chi connectivity index (χ1n) is 9.87. The van der Waals surface area contributed by atoms with Crippen LogP contribution in [0.2, 0.25) is 0 Å². The van der Waals surface area contributed by atoms with Crippen LogP contribution >= 0.6 is 0 Å². The molecule has 3 rings (SSSR count). The molecular formula is C23H33N2+. The predicted molar refractivity (Wildman–Crippen MR) is 108 cm³/mol. The monoisotopic (exact) mass is 337 g/mol. The highest BCUT2D eigenvalue weighted by Crippen LogP contribution is 2.29. The summed E-state index contributed by atoms with van der Waals surface area (Å²) in [5.74, 6) is 0. The Bertz CT molecular complexity index is 636. The number of hydrogen-bond acceptors (Lipinski definition) is 1. The fourth-order valence-electron chi connectivity index (χ4n) is 4.06. The quantitative estimate of drug-likeness (QED) is 0.639. The van der Waals surface area contributed by atoms with Crippen LogP contribution in [0.25, 0.3) is 0 Å². The number of fused-ring (bicyclic) bond motifs is 1. The van der Waals surface area contributed by atoms with E-state index in [-0.39, 0.29) is 0 Å². The minimum absolute atomic E-state index is 0.599.